The van der Waals surface area contributed by atoms with Crippen LogP contribution in [-0.4, -0.2) is 12.6 Å². The lowest BCUT2D eigenvalue weighted by Gasteiger charge is -2.24. The van der Waals surface area contributed by atoms with Crippen LogP contribution in [0.4, 0.5) is 4.39 Å². The van der Waals surface area contributed by atoms with Gasteiger partial charge < -0.3 is 5.32 Å². The summed E-state index contributed by atoms with van der Waals surface area (Å²) in [5.41, 5.74) is 0.800. The molecule has 1 aromatic rings. The van der Waals surface area contributed by atoms with Crippen molar-refractivity contribution in [3.63, 3.8) is 0 Å². The van der Waals surface area contributed by atoms with Crippen LogP contribution in [0.5, 0.6) is 0 Å². The summed E-state index contributed by atoms with van der Waals surface area (Å²) in [6, 6.07) is 5.63. The van der Waals surface area contributed by atoms with E-state index in [0.29, 0.717) is 12.0 Å². The number of hydrogen-bond donors (Lipinski definition) is 1. The molecule has 0 aliphatic carbocycles. The molecule has 1 nitrogen and oxygen atoms in total. The molecule has 0 aliphatic rings. The fourth-order valence-electron chi connectivity index (χ4n) is 2.27. The van der Waals surface area contributed by atoms with Crippen LogP contribution in [0.15, 0.2) is 22.7 Å². The van der Waals surface area contributed by atoms with Crippen molar-refractivity contribution in [2.75, 3.05) is 6.54 Å². The highest BCUT2D eigenvalue weighted by atomic mass is 79.9. The third-order valence-corrected chi connectivity index (χ3v) is 3.83. The van der Waals surface area contributed by atoms with E-state index in [0.717, 1.165) is 35.8 Å². The average Bonchev–Trinajstić information content (AvgIpc) is 2.35. The maximum atomic E-state index is 13.7. The van der Waals surface area contributed by atoms with Crippen LogP contribution in [-0.2, 0) is 6.42 Å². The Morgan fingerprint density at radius 1 is 1.33 bits per heavy atom. The standard InChI is InChI=1S/C15H23BrFN/c1-4-8-18-15(5-2)11(3)9-12-10-13(16)6-7-14(12)17/h6-7,10-11,15,18H,4-5,8-9H2,1-3H3. The third kappa shape index (κ3) is 4.69. The summed E-state index contributed by atoms with van der Waals surface area (Å²) in [6.07, 6.45) is 2.99. The van der Waals surface area contributed by atoms with Gasteiger partial charge in [-0.15, -0.1) is 0 Å². The molecule has 0 aliphatic heterocycles. The Bertz CT molecular complexity index is 368. The Hall–Kier alpha value is -0.410. The minimum atomic E-state index is -0.101. The van der Waals surface area contributed by atoms with E-state index in [9.17, 15) is 4.39 Å². The topological polar surface area (TPSA) is 12.0 Å². The van der Waals surface area contributed by atoms with Crippen molar-refractivity contribution < 1.29 is 4.39 Å². The van der Waals surface area contributed by atoms with Gasteiger partial charge in [-0.25, -0.2) is 4.39 Å². The molecule has 1 N–H and O–H groups in total. The molecule has 0 heterocycles. The molecule has 0 fully saturated rings. The highest BCUT2D eigenvalue weighted by Gasteiger charge is 2.16. The number of nitrogens with one attached hydrogen (secondary N) is 1. The summed E-state index contributed by atoms with van der Waals surface area (Å²) in [6.45, 7) is 7.57. The maximum Gasteiger partial charge on any atom is 0.126 e. The van der Waals surface area contributed by atoms with E-state index in [-0.39, 0.29) is 5.82 Å². The van der Waals surface area contributed by atoms with Crippen LogP contribution in [0.25, 0.3) is 0 Å². The molecule has 0 amide bonds. The molecule has 1 rings (SSSR count). The lowest BCUT2D eigenvalue weighted by molar-refractivity contribution is 0.361. The number of hydrogen-bond acceptors (Lipinski definition) is 1. The summed E-state index contributed by atoms with van der Waals surface area (Å²) < 4.78 is 14.7. The Kier molecular flexibility index (Phi) is 6.87. The maximum absolute atomic E-state index is 13.7. The van der Waals surface area contributed by atoms with Crippen LogP contribution in [0.3, 0.4) is 0 Å². The summed E-state index contributed by atoms with van der Waals surface area (Å²) in [4.78, 5) is 0. The minimum absolute atomic E-state index is 0.101. The van der Waals surface area contributed by atoms with E-state index in [4.69, 9.17) is 0 Å². The van der Waals surface area contributed by atoms with Crippen LogP contribution in [0.1, 0.15) is 39.2 Å². The second-order valence-electron chi connectivity index (χ2n) is 4.89. The molecule has 0 saturated carbocycles. The monoisotopic (exact) mass is 315 g/mol. The van der Waals surface area contributed by atoms with Gasteiger partial charge >= 0.3 is 0 Å². The van der Waals surface area contributed by atoms with E-state index in [1.165, 1.54) is 6.07 Å². The lowest BCUT2D eigenvalue weighted by Crippen LogP contribution is -2.36. The fraction of sp³-hybridized carbons (Fsp3) is 0.600. The van der Waals surface area contributed by atoms with Crippen molar-refractivity contribution in [2.24, 2.45) is 5.92 Å². The molecule has 3 heteroatoms. The minimum Gasteiger partial charge on any atom is -0.314 e. The Balaban J connectivity index is 2.66. The van der Waals surface area contributed by atoms with Crippen molar-refractivity contribution >= 4 is 15.9 Å². The third-order valence-electron chi connectivity index (χ3n) is 3.33. The predicted molar refractivity (Wildman–Crippen MR) is 79.3 cm³/mol. The van der Waals surface area contributed by atoms with Gasteiger partial charge in [0.25, 0.3) is 0 Å². The fourth-order valence-corrected chi connectivity index (χ4v) is 2.67. The molecule has 18 heavy (non-hydrogen) atoms. The second kappa shape index (κ2) is 7.90. The molecule has 0 radical (unpaired) electrons. The zero-order chi connectivity index (χ0) is 13.5. The van der Waals surface area contributed by atoms with Crippen molar-refractivity contribution in [3.8, 4) is 0 Å². The number of halogens is 2. The number of rotatable bonds is 7. The first-order valence-electron chi connectivity index (χ1n) is 6.75. The first kappa shape index (κ1) is 15.6. The van der Waals surface area contributed by atoms with Gasteiger partial charge in [-0.3, -0.25) is 0 Å². The second-order valence-corrected chi connectivity index (χ2v) is 5.80. The van der Waals surface area contributed by atoms with Crippen LogP contribution in [0.2, 0.25) is 0 Å². The Labute approximate surface area is 118 Å². The zero-order valence-electron chi connectivity index (χ0n) is 11.5. The van der Waals surface area contributed by atoms with Crippen molar-refractivity contribution in [3.05, 3.63) is 34.1 Å². The summed E-state index contributed by atoms with van der Waals surface area (Å²) in [5, 5.41) is 3.54. The summed E-state index contributed by atoms with van der Waals surface area (Å²) >= 11 is 3.40. The SMILES string of the molecule is CCCNC(CC)C(C)Cc1cc(Br)ccc1F. The van der Waals surface area contributed by atoms with Crippen molar-refractivity contribution in [2.45, 2.75) is 46.1 Å². The van der Waals surface area contributed by atoms with Gasteiger partial charge in [0.1, 0.15) is 5.82 Å². The quantitative estimate of drug-likeness (QED) is 0.778. The van der Waals surface area contributed by atoms with Gasteiger partial charge in [0.15, 0.2) is 0 Å². The molecular formula is C15H23BrFN. The highest BCUT2D eigenvalue weighted by molar-refractivity contribution is 9.10. The van der Waals surface area contributed by atoms with E-state index >= 15 is 0 Å². The van der Waals surface area contributed by atoms with Gasteiger partial charge in [0, 0.05) is 10.5 Å². The van der Waals surface area contributed by atoms with Gasteiger partial charge in [-0.2, -0.15) is 0 Å². The predicted octanol–water partition coefficient (Wildman–Crippen LogP) is 4.55. The smallest absolute Gasteiger partial charge is 0.126 e. The first-order valence-corrected chi connectivity index (χ1v) is 7.55. The van der Waals surface area contributed by atoms with E-state index in [1.54, 1.807) is 6.07 Å². The molecule has 0 aromatic heterocycles. The zero-order valence-corrected chi connectivity index (χ0v) is 13.1. The molecule has 102 valence electrons. The highest BCUT2D eigenvalue weighted by Crippen LogP contribution is 2.20. The van der Waals surface area contributed by atoms with Gasteiger partial charge in [0.05, 0.1) is 0 Å². The molecule has 0 saturated heterocycles. The molecule has 2 unspecified atom stereocenters. The van der Waals surface area contributed by atoms with E-state index in [1.807, 2.05) is 6.07 Å². The van der Waals surface area contributed by atoms with Gasteiger partial charge in [0.2, 0.25) is 0 Å². The van der Waals surface area contributed by atoms with E-state index < -0.39 is 0 Å². The molecule has 0 spiro atoms. The lowest BCUT2D eigenvalue weighted by atomic mass is 9.92. The van der Waals surface area contributed by atoms with Crippen LogP contribution >= 0.6 is 15.9 Å². The largest absolute Gasteiger partial charge is 0.314 e. The normalized spacial score (nSPS) is 14.5. The molecule has 2 atom stereocenters. The van der Waals surface area contributed by atoms with Crippen molar-refractivity contribution in [1.29, 1.82) is 0 Å². The summed E-state index contributed by atoms with van der Waals surface area (Å²) in [7, 11) is 0. The van der Waals surface area contributed by atoms with E-state index in [2.05, 4.69) is 42.0 Å². The number of benzene rings is 1. The Morgan fingerprint density at radius 3 is 2.67 bits per heavy atom. The first-order chi connectivity index (χ1) is 8.58. The molecule has 1 aromatic carbocycles. The summed E-state index contributed by atoms with van der Waals surface area (Å²) in [5.74, 6) is 0.334. The average molecular weight is 316 g/mol. The Morgan fingerprint density at radius 2 is 2.06 bits per heavy atom. The van der Waals surface area contributed by atoms with Gasteiger partial charge in [-0.05, 0) is 55.5 Å². The molecular weight excluding hydrogens is 293 g/mol. The van der Waals surface area contributed by atoms with Crippen LogP contribution < -0.4 is 5.32 Å². The molecule has 0 bridgehead atoms. The van der Waals surface area contributed by atoms with Gasteiger partial charge in [-0.1, -0.05) is 36.7 Å². The van der Waals surface area contributed by atoms with Crippen molar-refractivity contribution in [1.82, 2.24) is 5.32 Å². The van der Waals surface area contributed by atoms with Crippen LogP contribution in [0, 0.1) is 11.7 Å².